The first kappa shape index (κ1) is 20.0. The smallest absolute Gasteiger partial charge is 0.262 e. The highest BCUT2D eigenvalue weighted by atomic mass is 32.2. The molecule has 0 aliphatic carbocycles. The maximum atomic E-state index is 12.9. The predicted molar refractivity (Wildman–Crippen MR) is 108 cm³/mol. The normalized spacial score (nSPS) is 17.1. The van der Waals surface area contributed by atoms with E-state index >= 15 is 0 Å². The predicted octanol–water partition coefficient (Wildman–Crippen LogP) is 2.12. The molecule has 0 saturated carbocycles. The van der Waals surface area contributed by atoms with E-state index in [-0.39, 0.29) is 28.2 Å². The Bertz CT molecular complexity index is 1210. The number of rotatable bonds is 1. The van der Waals surface area contributed by atoms with Crippen LogP contribution in [-0.2, 0) is 9.84 Å². The zero-order valence-corrected chi connectivity index (χ0v) is 17.3. The molecule has 2 bridgehead atoms. The van der Waals surface area contributed by atoms with Crippen molar-refractivity contribution < 1.29 is 17.9 Å². The molecule has 0 aromatic carbocycles. The summed E-state index contributed by atoms with van der Waals surface area (Å²) in [5.74, 6) is 0.385. The lowest BCUT2D eigenvalue weighted by atomic mass is 10.1. The van der Waals surface area contributed by atoms with Crippen molar-refractivity contribution in [3.05, 3.63) is 42.4 Å². The summed E-state index contributed by atoms with van der Waals surface area (Å²) in [6, 6.07) is 6.53. The van der Waals surface area contributed by atoms with E-state index < -0.39 is 15.7 Å². The first-order chi connectivity index (χ1) is 14.3. The molecule has 4 heterocycles. The highest BCUT2D eigenvalue weighted by molar-refractivity contribution is 7.90. The first-order valence-corrected chi connectivity index (χ1v) is 11.2. The molecule has 0 saturated heterocycles. The summed E-state index contributed by atoms with van der Waals surface area (Å²) in [6.07, 6.45) is 5.36. The summed E-state index contributed by atoms with van der Waals surface area (Å²) in [4.78, 5) is 21.4. The minimum absolute atomic E-state index is 0.0263. The number of nitrogens with one attached hydrogen (secondary N) is 1. The minimum Gasteiger partial charge on any atom is -0.477 e. The molecule has 30 heavy (non-hydrogen) atoms. The number of hydrogen-bond donors (Lipinski definition) is 1. The fourth-order valence-corrected chi connectivity index (χ4v) is 3.74. The van der Waals surface area contributed by atoms with Gasteiger partial charge < -0.3 is 14.6 Å². The molecule has 1 amide bonds. The van der Waals surface area contributed by atoms with Gasteiger partial charge in [-0.1, -0.05) is 6.07 Å². The zero-order chi connectivity index (χ0) is 21.3. The fraction of sp³-hybridized carbons (Fsp3) is 0.316. The van der Waals surface area contributed by atoms with Crippen molar-refractivity contribution in [1.29, 1.82) is 0 Å². The third-order valence-electron chi connectivity index (χ3n) is 4.77. The molecular formula is C19H20N6O4S. The number of pyridine rings is 2. The Labute approximate surface area is 173 Å². The number of hydrogen-bond acceptors (Lipinski definition) is 8. The van der Waals surface area contributed by atoms with Crippen LogP contribution in [0, 0.1) is 0 Å². The number of ether oxygens (including phenoxy) is 1. The van der Waals surface area contributed by atoms with Gasteiger partial charge in [0.05, 0.1) is 11.5 Å². The van der Waals surface area contributed by atoms with Crippen molar-refractivity contribution >= 4 is 21.6 Å². The third kappa shape index (κ3) is 4.01. The van der Waals surface area contributed by atoms with Gasteiger partial charge in [0.1, 0.15) is 23.4 Å². The standard InChI is InChI=1S/C19H20N6O4S/c1-12-5-4-8-29-19-14(9-13(10-20-19)30(2,27)28)18(26)23-16-7-3-6-15(22-16)17-24-21-11-25(12)17/h3,6-7,9-12H,4-5,8H2,1-2H3,(H,22,23,26). The van der Waals surface area contributed by atoms with Gasteiger partial charge in [-0.05, 0) is 38.0 Å². The molecule has 0 spiro atoms. The average Bonchev–Trinajstić information content (AvgIpc) is 3.20. The van der Waals surface area contributed by atoms with Crippen molar-refractivity contribution in [3.8, 4) is 17.4 Å². The van der Waals surface area contributed by atoms with Crippen molar-refractivity contribution in [2.45, 2.75) is 30.7 Å². The number of carbonyl (C=O) groups is 1. The fourth-order valence-electron chi connectivity index (χ4n) is 3.16. The van der Waals surface area contributed by atoms with Crippen LogP contribution in [0.15, 0.2) is 41.7 Å². The zero-order valence-electron chi connectivity index (χ0n) is 16.4. The van der Waals surface area contributed by atoms with Crippen molar-refractivity contribution in [2.24, 2.45) is 0 Å². The largest absolute Gasteiger partial charge is 0.477 e. The lowest BCUT2D eigenvalue weighted by Gasteiger charge is -2.17. The van der Waals surface area contributed by atoms with Gasteiger partial charge >= 0.3 is 0 Å². The third-order valence-corrected chi connectivity index (χ3v) is 5.85. The summed E-state index contributed by atoms with van der Waals surface area (Å²) < 4.78 is 31.5. The Morgan fingerprint density at radius 2 is 2.13 bits per heavy atom. The number of anilines is 1. The van der Waals surface area contributed by atoms with Gasteiger partial charge in [0, 0.05) is 18.5 Å². The van der Waals surface area contributed by atoms with Gasteiger partial charge in [-0.25, -0.2) is 18.4 Å². The second-order valence-corrected chi connectivity index (χ2v) is 9.08. The van der Waals surface area contributed by atoms with E-state index in [0.717, 1.165) is 12.7 Å². The van der Waals surface area contributed by atoms with Crippen LogP contribution in [0.2, 0.25) is 0 Å². The molecule has 0 fully saturated rings. The lowest BCUT2D eigenvalue weighted by Crippen LogP contribution is -2.18. The highest BCUT2D eigenvalue weighted by Gasteiger charge is 2.21. The van der Waals surface area contributed by atoms with E-state index in [4.69, 9.17) is 4.74 Å². The van der Waals surface area contributed by atoms with E-state index in [0.29, 0.717) is 24.5 Å². The molecule has 0 radical (unpaired) electrons. The quantitative estimate of drug-likeness (QED) is 0.624. The van der Waals surface area contributed by atoms with E-state index in [1.807, 2.05) is 4.57 Å². The van der Waals surface area contributed by atoms with Gasteiger partial charge in [0.15, 0.2) is 15.7 Å². The number of fused-ring (bicyclic) bond motifs is 5. The van der Waals surface area contributed by atoms with Crippen molar-refractivity contribution in [1.82, 2.24) is 24.7 Å². The van der Waals surface area contributed by atoms with Crippen LogP contribution in [0.1, 0.15) is 36.2 Å². The van der Waals surface area contributed by atoms with Gasteiger partial charge in [0.2, 0.25) is 5.88 Å². The lowest BCUT2D eigenvalue weighted by molar-refractivity contribution is 0.102. The van der Waals surface area contributed by atoms with Crippen LogP contribution in [0.25, 0.3) is 11.5 Å². The second-order valence-electron chi connectivity index (χ2n) is 7.06. The molecule has 156 valence electrons. The summed E-state index contributed by atoms with van der Waals surface area (Å²) in [6.45, 7) is 2.37. The Kier molecular flexibility index (Phi) is 5.20. The molecule has 10 nitrogen and oxygen atoms in total. The molecule has 1 atom stereocenters. The number of sulfone groups is 1. The summed E-state index contributed by atoms with van der Waals surface area (Å²) >= 11 is 0. The molecule has 1 aliphatic rings. The minimum atomic E-state index is -3.54. The topological polar surface area (TPSA) is 129 Å². The molecular weight excluding hydrogens is 408 g/mol. The van der Waals surface area contributed by atoms with Crippen molar-refractivity contribution in [2.75, 3.05) is 18.2 Å². The van der Waals surface area contributed by atoms with Crippen molar-refractivity contribution in [3.63, 3.8) is 0 Å². The van der Waals surface area contributed by atoms with Crippen LogP contribution in [0.3, 0.4) is 0 Å². The molecule has 1 unspecified atom stereocenters. The molecule has 1 aliphatic heterocycles. The Morgan fingerprint density at radius 3 is 2.93 bits per heavy atom. The molecule has 11 heteroatoms. The summed E-state index contributed by atoms with van der Waals surface area (Å²) in [7, 11) is -3.54. The molecule has 3 aromatic heterocycles. The highest BCUT2D eigenvalue weighted by Crippen LogP contribution is 2.25. The van der Waals surface area contributed by atoms with Gasteiger partial charge in [-0.2, -0.15) is 0 Å². The number of amides is 1. The Hall–Kier alpha value is -3.34. The Balaban J connectivity index is 1.79. The van der Waals surface area contributed by atoms with Crippen LogP contribution in [-0.4, -0.2) is 51.9 Å². The van der Waals surface area contributed by atoms with Gasteiger partial charge in [0.25, 0.3) is 5.91 Å². The molecule has 1 N–H and O–H groups in total. The molecule has 4 rings (SSSR count). The first-order valence-electron chi connectivity index (χ1n) is 9.34. The van der Waals surface area contributed by atoms with Crippen LogP contribution < -0.4 is 10.1 Å². The maximum absolute atomic E-state index is 12.9. The number of nitrogens with zero attached hydrogens (tertiary/aromatic N) is 5. The number of aromatic nitrogens is 5. The average molecular weight is 428 g/mol. The SMILES string of the molecule is CC1CCCOc2ncc(S(C)(=O)=O)cc2C(=O)Nc2cccc(n2)-c2nncn21. The monoisotopic (exact) mass is 428 g/mol. The van der Waals surface area contributed by atoms with Gasteiger partial charge in [-0.3, -0.25) is 4.79 Å². The van der Waals surface area contributed by atoms with Crippen LogP contribution >= 0.6 is 0 Å². The van der Waals surface area contributed by atoms with Crippen LogP contribution in [0.4, 0.5) is 5.82 Å². The van der Waals surface area contributed by atoms with E-state index in [1.54, 1.807) is 24.5 Å². The van der Waals surface area contributed by atoms with E-state index in [2.05, 4.69) is 32.4 Å². The number of carbonyl (C=O) groups excluding carboxylic acids is 1. The van der Waals surface area contributed by atoms with Crippen LogP contribution in [0.5, 0.6) is 5.88 Å². The van der Waals surface area contributed by atoms with E-state index in [9.17, 15) is 13.2 Å². The maximum Gasteiger partial charge on any atom is 0.262 e. The van der Waals surface area contributed by atoms with Gasteiger partial charge in [-0.15, -0.1) is 10.2 Å². The Morgan fingerprint density at radius 1 is 1.30 bits per heavy atom. The second kappa shape index (κ2) is 7.82. The van der Waals surface area contributed by atoms with E-state index in [1.165, 1.54) is 12.3 Å². The summed E-state index contributed by atoms with van der Waals surface area (Å²) in [5.41, 5.74) is 0.590. The molecule has 3 aromatic rings. The summed E-state index contributed by atoms with van der Waals surface area (Å²) in [5, 5.41) is 10.9.